The predicted octanol–water partition coefficient (Wildman–Crippen LogP) is 1.17. The van der Waals surface area contributed by atoms with E-state index in [2.05, 4.69) is 0 Å². The average molecular weight is 278 g/mol. The van der Waals surface area contributed by atoms with Crippen LogP contribution in [0.4, 0.5) is 5.69 Å². The van der Waals surface area contributed by atoms with Crippen LogP contribution in [0.1, 0.15) is 12.8 Å². The van der Waals surface area contributed by atoms with Crippen molar-refractivity contribution < 1.29 is 19.2 Å². The number of benzene rings is 1. The van der Waals surface area contributed by atoms with Crippen molar-refractivity contribution in [1.29, 1.82) is 0 Å². The number of rotatable bonds is 4. The van der Waals surface area contributed by atoms with E-state index in [0.29, 0.717) is 25.9 Å². The molecule has 20 heavy (non-hydrogen) atoms. The molecule has 1 aromatic rings. The minimum atomic E-state index is -0.523. The van der Waals surface area contributed by atoms with Crippen LogP contribution in [0.3, 0.4) is 0 Å². The van der Waals surface area contributed by atoms with Gasteiger partial charge < -0.3 is 9.64 Å². The van der Waals surface area contributed by atoms with Crippen LogP contribution in [0, 0.1) is 10.1 Å². The highest BCUT2D eigenvalue weighted by Gasteiger charge is 2.21. The van der Waals surface area contributed by atoms with Crippen LogP contribution >= 0.6 is 0 Å². The molecule has 1 saturated heterocycles. The van der Waals surface area contributed by atoms with Crippen LogP contribution in [0.2, 0.25) is 0 Å². The predicted molar refractivity (Wildman–Crippen MR) is 69.4 cm³/mol. The maximum Gasteiger partial charge on any atom is 0.273 e. The third-order valence-electron chi connectivity index (χ3n) is 3.06. The Morgan fingerprint density at radius 1 is 1.35 bits per heavy atom. The highest BCUT2D eigenvalue weighted by molar-refractivity contribution is 5.84. The van der Waals surface area contributed by atoms with Crippen molar-refractivity contribution in [2.24, 2.45) is 0 Å². The number of nitrogens with zero attached hydrogens (tertiary/aromatic N) is 2. The first-order valence-corrected chi connectivity index (χ1v) is 6.23. The molecule has 2 rings (SSSR count). The van der Waals surface area contributed by atoms with Crippen LogP contribution in [0.25, 0.3) is 0 Å². The number of nitro benzene ring substituents is 1. The SMILES string of the molecule is O=C1CCN(C(=O)COc2cccc([N+](=O)[O-])c2)CC1. The summed E-state index contributed by atoms with van der Waals surface area (Å²) in [5, 5.41) is 10.6. The lowest BCUT2D eigenvalue weighted by Gasteiger charge is -2.25. The number of Topliss-reactive ketones (excluding diaryl/α,β-unsaturated/α-hetero) is 1. The first kappa shape index (κ1) is 14.0. The van der Waals surface area contributed by atoms with E-state index in [1.54, 1.807) is 11.0 Å². The molecule has 1 aliphatic heterocycles. The summed E-state index contributed by atoms with van der Waals surface area (Å²) in [6.07, 6.45) is 0.755. The Labute approximate surface area is 115 Å². The molecule has 1 amide bonds. The number of likely N-dealkylation sites (tertiary alicyclic amines) is 1. The van der Waals surface area contributed by atoms with E-state index >= 15 is 0 Å². The standard InChI is InChI=1S/C13H14N2O5/c16-11-4-6-14(7-5-11)13(17)9-20-12-3-1-2-10(8-12)15(18)19/h1-3,8H,4-7,9H2. The van der Waals surface area contributed by atoms with Gasteiger partial charge >= 0.3 is 0 Å². The molecule has 1 heterocycles. The van der Waals surface area contributed by atoms with Gasteiger partial charge in [0, 0.05) is 32.0 Å². The van der Waals surface area contributed by atoms with Gasteiger partial charge in [-0.15, -0.1) is 0 Å². The number of carbonyl (C=O) groups excluding carboxylic acids is 2. The van der Waals surface area contributed by atoms with Crippen molar-refractivity contribution in [1.82, 2.24) is 4.90 Å². The molecule has 7 nitrogen and oxygen atoms in total. The van der Waals surface area contributed by atoms with Crippen molar-refractivity contribution in [3.05, 3.63) is 34.4 Å². The lowest BCUT2D eigenvalue weighted by Crippen LogP contribution is -2.41. The van der Waals surface area contributed by atoms with Gasteiger partial charge in [-0.2, -0.15) is 0 Å². The topological polar surface area (TPSA) is 89.8 Å². The fraction of sp³-hybridized carbons (Fsp3) is 0.385. The molecule has 0 saturated carbocycles. The number of carbonyl (C=O) groups is 2. The van der Waals surface area contributed by atoms with E-state index in [4.69, 9.17) is 4.74 Å². The highest BCUT2D eigenvalue weighted by Crippen LogP contribution is 2.19. The van der Waals surface area contributed by atoms with Crippen molar-refractivity contribution in [2.45, 2.75) is 12.8 Å². The second kappa shape index (κ2) is 6.14. The summed E-state index contributed by atoms with van der Waals surface area (Å²) in [5.41, 5.74) is -0.0847. The molecular formula is C13H14N2O5. The number of piperidine rings is 1. The summed E-state index contributed by atoms with van der Waals surface area (Å²) in [7, 11) is 0. The van der Waals surface area contributed by atoms with Crippen molar-refractivity contribution >= 4 is 17.4 Å². The lowest BCUT2D eigenvalue weighted by atomic mass is 10.1. The van der Waals surface area contributed by atoms with Crippen LogP contribution < -0.4 is 4.74 Å². The molecule has 0 aliphatic carbocycles. The van der Waals surface area contributed by atoms with Crippen LogP contribution in [0.15, 0.2) is 24.3 Å². The zero-order chi connectivity index (χ0) is 14.5. The Morgan fingerprint density at radius 2 is 2.05 bits per heavy atom. The summed E-state index contributed by atoms with van der Waals surface area (Å²) in [6, 6.07) is 5.68. The maximum absolute atomic E-state index is 11.9. The summed E-state index contributed by atoms with van der Waals surface area (Å²) in [4.78, 5) is 34.6. The molecular weight excluding hydrogens is 264 g/mol. The number of ether oxygens (including phenoxy) is 1. The molecule has 0 unspecified atom stereocenters. The van der Waals surface area contributed by atoms with Gasteiger partial charge in [-0.05, 0) is 6.07 Å². The van der Waals surface area contributed by atoms with Crippen molar-refractivity contribution in [2.75, 3.05) is 19.7 Å². The van der Waals surface area contributed by atoms with Gasteiger partial charge in [-0.3, -0.25) is 19.7 Å². The molecule has 0 N–H and O–H groups in total. The summed E-state index contributed by atoms with van der Waals surface area (Å²) < 4.78 is 5.26. The van der Waals surface area contributed by atoms with Gasteiger partial charge in [0.05, 0.1) is 11.0 Å². The van der Waals surface area contributed by atoms with Gasteiger partial charge in [-0.25, -0.2) is 0 Å². The molecule has 1 aliphatic rings. The van der Waals surface area contributed by atoms with E-state index < -0.39 is 4.92 Å². The molecule has 106 valence electrons. The molecule has 0 bridgehead atoms. The van der Waals surface area contributed by atoms with Crippen LogP contribution in [-0.4, -0.2) is 41.2 Å². The Morgan fingerprint density at radius 3 is 2.70 bits per heavy atom. The summed E-state index contributed by atoms with van der Waals surface area (Å²) in [6.45, 7) is 0.640. The summed E-state index contributed by atoms with van der Waals surface area (Å²) >= 11 is 0. The highest BCUT2D eigenvalue weighted by atomic mass is 16.6. The molecule has 1 aromatic carbocycles. The first-order chi connectivity index (χ1) is 9.56. The van der Waals surface area contributed by atoms with E-state index in [-0.39, 0.29) is 29.7 Å². The number of hydrogen-bond donors (Lipinski definition) is 0. The van der Waals surface area contributed by atoms with Gasteiger partial charge in [0.15, 0.2) is 6.61 Å². The van der Waals surface area contributed by atoms with E-state index in [0.717, 1.165) is 0 Å². The largest absolute Gasteiger partial charge is 0.484 e. The summed E-state index contributed by atoms with van der Waals surface area (Å²) in [5.74, 6) is 0.221. The second-order valence-electron chi connectivity index (χ2n) is 4.46. The van der Waals surface area contributed by atoms with E-state index in [1.165, 1.54) is 18.2 Å². The number of non-ortho nitro benzene ring substituents is 1. The molecule has 1 fully saturated rings. The monoisotopic (exact) mass is 278 g/mol. The molecule has 0 aromatic heterocycles. The van der Waals surface area contributed by atoms with Crippen molar-refractivity contribution in [3.8, 4) is 5.75 Å². The molecule has 0 atom stereocenters. The number of amides is 1. The van der Waals surface area contributed by atoms with Gasteiger partial charge in [-0.1, -0.05) is 6.07 Å². The Kier molecular flexibility index (Phi) is 4.29. The van der Waals surface area contributed by atoms with Crippen LogP contribution in [0.5, 0.6) is 5.75 Å². The zero-order valence-corrected chi connectivity index (χ0v) is 10.8. The average Bonchev–Trinajstić information content (AvgIpc) is 2.46. The lowest BCUT2D eigenvalue weighted by molar-refractivity contribution is -0.384. The Hall–Kier alpha value is -2.44. The van der Waals surface area contributed by atoms with Crippen LogP contribution in [-0.2, 0) is 9.59 Å². The zero-order valence-electron chi connectivity index (χ0n) is 10.8. The molecule has 0 radical (unpaired) electrons. The van der Waals surface area contributed by atoms with Gasteiger partial charge in [0.1, 0.15) is 11.5 Å². The Balaban J connectivity index is 1.88. The quantitative estimate of drug-likeness (QED) is 0.609. The number of ketones is 1. The maximum atomic E-state index is 11.9. The number of nitro groups is 1. The number of hydrogen-bond acceptors (Lipinski definition) is 5. The minimum absolute atomic E-state index is 0.0847. The molecule has 0 spiro atoms. The first-order valence-electron chi connectivity index (χ1n) is 6.23. The molecule has 7 heteroatoms. The van der Waals surface area contributed by atoms with E-state index in [1.807, 2.05) is 0 Å². The smallest absolute Gasteiger partial charge is 0.273 e. The second-order valence-corrected chi connectivity index (χ2v) is 4.46. The fourth-order valence-electron chi connectivity index (χ4n) is 1.93. The minimum Gasteiger partial charge on any atom is -0.484 e. The van der Waals surface area contributed by atoms with Crippen molar-refractivity contribution in [3.63, 3.8) is 0 Å². The third kappa shape index (κ3) is 3.53. The third-order valence-corrected chi connectivity index (χ3v) is 3.06. The van der Waals surface area contributed by atoms with Gasteiger partial charge in [0.25, 0.3) is 11.6 Å². The fourth-order valence-corrected chi connectivity index (χ4v) is 1.93. The normalized spacial score (nSPS) is 15.0. The van der Waals surface area contributed by atoms with E-state index in [9.17, 15) is 19.7 Å². The Bertz CT molecular complexity index is 533. The van der Waals surface area contributed by atoms with Gasteiger partial charge in [0.2, 0.25) is 0 Å².